The van der Waals surface area contributed by atoms with Crippen molar-refractivity contribution < 1.29 is 9.21 Å². The molecule has 1 fully saturated rings. The summed E-state index contributed by atoms with van der Waals surface area (Å²) in [7, 11) is 0. The van der Waals surface area contributed by atoms with E-state index in [-0.39, 0.29) is 18.0 Å². The van der Waals surface area contributed by atoms with E-state index in [0.29, 0.717) is 55.0 Å². The zero-order valence-corrected chi connectivity index (χ0v) is 17.4. The monoisotopic (exact) mass is 427 g/mol. The van der Waals surface area contributed by atoms with E-state index in [4.69, 9.17) is 16.0 Å². The van der Waals surface area contributed by atoms with E-state index in [1.165, 1.54) is 10.6 Å². The lowest BCUT2D eigenvalue weighted by Crippen LogP contribution is -2.50. The van der Waals surface area contributed by atoms with Crippen LogP contribution in [0.5, 0.6) is 0 Å². The molecule has 0 N–H and O–H groups in total. The molecule has 1 aliphatic heterocycles. The van der Waals surface area contributed by atoms with Crippen molar-refractivity contribution in [3.05, 3.63) is 63.9 Å². The number of anilines is 1. The van der Waals surface area contributed by atoms with E-state index in [2.05, 4.69) is 15.1 Å². The molecule has 0 saturated carbocycles. The van der Waals surface area contributed by atoms with E-state index >= 15 is 0 Å². The number of amides is 1. The highest BCUT2D eigenvalue weighted by Gasteiger charge is 2.22. The summed E-state index contributed by atoms with van der Waals surface area (Å²) in [6, 6.07) is 10.7. The lowest BCUT2D eigenvalue weighted by atomic mass is 10.2. The number of carbonyl (C=O) groups is 1. The van der Waals surface area contributed by atoms with Gasteiger partial charge in [-0.05, 0) is 24.3 Å². The molecule has 0 spiro atoms. The van der Waals surface area contributed by atoms with Crippen LogP contribution in [0.1, 0.15) is 12.8 Å². The van der Waals surface area contributed by atoms with Crippen LogP contribution in [-0.2, 0) is 17.8 Å². The predicted octanol–water partition coefficient (Wildman–Crippen LogP) is 2.46. The highest BCUT2D eigenvalue weighted by Crippen LogP contribution is 2.21. The fraction of sp³-hybridized carbons (Fsp3) is 0.333. The van der Waals surface area contributed by atoms with Crippen LogP contribution in [0.15, 0.2) is 51.8 Å². The van der Waals surface area contributed by atoms with Crippen LogP contribution in [-0.4, -0.2) is 51.8 Å². The molecule has 9 heteroatoms. The van der Waals surface area contributed by atoms with Crippen molar-refractivity contribution in [1.29, 1.82) is 0 Å². The summed E-state index contributed by atoms with van der Waals surface area (Å²) >= 11 is 6.08. The first-order valence-electron chi connectivity index (χ1n) is 9.85. The van der Waals surface area contributed by atoms with Crippen LogP contribution in [0, 0.1) is 0 Å². The Kier molecular flexibility index (Phi) is 5.85. The van der Waals surface area contributed by atoms with Gasteiger partial charge in [-0.2, -0.15) is 0 Å². The van der Waals surface area contributed by atoms with Crippen LogP contribution in [0.4, 0.5) is 5.69 Å². The van der Waals surface area contributed by atoms with Crippen LogP contribution < -0.4 is 10.5 Å². The topological polar surface area (TPSA) is 84.5 Å². The minimum absolute atomic E-state index is 0.0292. The second kappa shape index (κ2) is 8.71. The molecule has 3 heterocycles. The van der Waals surface area contributed by atoms with Gasteiger partial charge in [-0.1, -0.05) is 24.6 Å². The van der Waals surface area contributed by atoms with Crippen molar-refractivity contribution in [2.24, 2.45) is 0 Å². The number of carbonyl (C=O) groups excluding carboxylic acids is 1. The van der Waals surface area contributed by atoms with Gasteiger partial charge in [0.2, 0.25) is 17.7 Å². The van der Waals surface area contributed by atoms with Crippen molar-refractivity contribution in [3.63, 3.8) is 0 Å². The maximum absolute atomic E-state index is 12.8. The summed E-state index contributed by atoms with van der Waals surface area (Å²) in [4.78, 5) is 29.0. The largest absolute Gasteiger partial charge is 0.421 e. The first kappa shape index (κ1) is 20.2. The SMILES string of the molecule is CCc1nnc(-c2ccc(=O)n(CC(=O)N3CCN(c4cccc(Cl)c4)CC3)c2)o1. The summed E-state index contributed by atoms with van der Waals surface area (Å²) in [5.41, 5.74) is 1.41. The Morgan fingerprint density at radius 2 is 1.93 bits per heavy atom. The second-order valence-electron chi connectivity index (χ2n) is 7.09. The fourth-order valence-electron chi connectivity index (χ4n) is 3.43. The first-order chi connectivity index (χ1) is 14.5. The van der Waals surface area contributed by atoms with E-state index < -0.39 is 0 Å². The van der Waals surface area contributed by atoms with Gasteiger partial charge in [0.05, 0.1) is 5.56 Å². The molecule has 1 aromatic carbocycles. The number of aromatic nitrogens is 3. The normalized spacial score (nSPS) is 14.2. The van der Waals surface area contributed by atoms with Crippen LogP contribution in [0.2, 0.25) is 5.02 Å². The molecule has 1 amide bonds. The quantitative estimate of drug-likeness (QED) is 0.622. The molecule has 2 aromatic heterocycles. The van der Waals surface area contributed by atoms with Gasteiger partial charge in [-0.15, -0.1) is 10.2 Å². The Hall–Kier alpha value is -3.13. The molecule has 0 unspecified atom stereocenters. The van der Waals surface area contributed by atoms with Gasteiger partial charge < -0.3 is 18.8 Å². The fourth-order valence-corrected chi connectivity index (χ4v) is 3.61. The Balaban J connectivity index is 1.42. The third-order valence-corrected chi connectivity index (χ3v) is 5.35. The maximum Gasteiger partial charge on any atom is 0.251 e. The number of hydrogen-bond donors (Lipinski definition) is 0. The Morgan fingerprint density at radius 1 is 1.13 bits per heavy atom. The van der Waals surface area contributed by atoms with E-state index in [9.17, 15) is 9.59 Å². The molecular formula is C21H22ClN5O3. The molecule has 0 bridgehead atoms. The first-order valence-corrected chi connectivity index (χ1v) is 10.2. The van der Waals surface area contributed by atoms with Gasteiger partial charge in [0.1, 0.15) is 6.54 Å². The van der Waals surface area contributed by atoms with Gasteiger partial charge >= 0.3 is 0 Å². The molecule has 156 valence electrons. The van der Waals surface area contributed by atoms with Crippen molar-refractivity contribution >= 4 is 23.2 Å². The van der Waals surface area contributed by atoms with Gasteiger partial charge in [0.15, 0.2) is 0 Å². The molecule has 0 radical (unpaired) electrons. The van der Waals surface area contributed by atoms with E-state index in [0.717, 1.165) is 5.69 Å². The van der Waals surface area contributed by atoms with Crippen LogP contribution in [0.3, 0.4) is 0 Å². The lowest BCUT2D eigenvalue weighted by molar-refractivity contribution is -0.132. The number of rotatable bonds is 5. The van der Waals surface area contributed by atoms with Crippen molar-refractivity contribution in [2.75, 3.05) is 31.1 Å². The van der Waals surface area contributed by atoms with Crippen LogP contribution in [0.25, 0.3) is 11.5 Å². The van der Waals surface area contributed by atoms with Crippen molar-refractivity contribution in [1.82, 2.24) is 19.7 Å². The Bertz CT molecular complexity index is 1100. The minimum atomic E-state index is -0.250. The smallest absolute Gasteiger partial charge is 0.251 e. The predicted molar refractivity (Wildman–Crippen MR) is 114 cm³/mol. The Labute approximate surface area is 178 Å². The van der Waals surface area contributed by atoms with E-state index in [1.54, 1.807) is 17.2 Å². The standard InChI is InChI=1S/C21H22ClN5O3/c1-2-18-23-24-21(30-18)15-6-7-19(28)27(13-15)14-20(29)26-10-8-25(9-11-26)17-5-3-4-16(22)12-17/h3-7,12-13H,2,8-11,14H2,1H3. The molecular weight excluding hydrogens is 406 g/mol. The number of hydrogen-bond acceptors (Lipinski definition) is 6. The lowest BCUT2D eigenvalue weighted by Gasteiger charge is -2.36. The molecule has 1 saturated heterocycles. The summed E-state index contributed by atoms with van der Waals surface area (Å²) in [6.45, 7) is 4.49. The third kappa shape index (κ3) is 4.38. The number of aryl methyl sites for hydroxylation is 1. The second-order valence-corrected chi connectivity index (χ2v) is 7.52. The number of nitrogens with zero attached hydrogens (tertiary/aromatic N) is 5. The molecule has 1 aliphatic rings. The minimum Gasteiger partial charge on any atom is -0.421 e. The summed E-state index contributed by atoms with van der Waals surface area (Å²) in [5, 5.41) is 8.63. The maximum atomic E-state index is 12.8. The highest BCUT2D eigenvalue weighted by atomic mass is 35.5. The van der Waals surface area contributed by atoms with Crippen molar-refractivity contribution in [2.45, 2.75) is 19.9 Å². The summed E-state index contributed by atoms with van der Waals surface area (Å²) in [6.07, 6.45) is 2.22. The molecule has 0 atom stereocenters. The highest BCUT2D eigenvalue weighted by molar-refractivity contribution is 6.30. The van der Waals surface area contributed by atoms with Gasteiger partial charge in [0, 0.05) is 55.6 Å². The molecule has 3 aromatic rings. The summed E-state index contributed by atoms with van der Waals surface area (Å²) < 4.78 is 6.94. The molecule has 0 aliphatic carbocycles. The zero-order valence-electron chi connectivity index (χ0n) is 16.6. The van der Waals surface area contributed by atoms with Crippen LogP contribution >= 0.6 is 11.6 Å². The molecule has 30 heavy (non-hydrogen) atoms. The zero-order chi connectivity index (χ0) is 21.1. The number of benzene rings is 1. The van der Waals surface area contributed by atoms with Gasteiger partial charge in [-0.25, -0.2) is 0 Å². The van der Waals surface area contributed by atoms with Gasteiger partial charge in [0.25, 0.3) is 5.56 Å². The Morgan fingerprint density at radius 3 is 2.63 bits per heavy atom. The summed E-state index contributed by atoms with van der Waals surface area (Å²) in [5.74, 6) is 0.763. The average molecular weight is 428 g/mol. The molecule has 8 nitrogen and oxygen atoms in total. The average Bonchev–Trinajstić information content (AvgIpc) is 3.25. The number of halogens is 1. The van der Waals surface area contributed by atoms with Crippen molar-refractivity contribution in [3.8, 4) is 11.5 Å². The van der Waals surface area contributed by atoms with Gasteiger partial charge in [-0.3, -0.25) is 9.59 Å². The third-order valence-electron chi connectivity index (χ3n) is 5.11. The number of pyridine rings is 1. The number of piperazine rings is 1. The van der Waals surface area contributed by atoms with E-state index in [1.807, 2.05) is 31.2 Å². The molecule has 4 rings (SSSR count).